The van der Waals surface area contributed by atoms with Crippen LogP contribution in [0.3, 0.4) is 0 Å². The number of nitrogens with two attached hydrogens (primary N) is 1. The van der Waals surface area contributed by atoms with Crippen LogP contribution in [0.2, 0.25) is 0 Å². The molecule has 0 amide bonds. The molecule has 0 saturated heterocycles. The van der Waals surface area contributed by atoms with Crippen LogP contribution >= 0.6 is 22.6 Å². The van der Waals surface area contributed by atoms with Gasteiger partial charge in [0.1, 0.15) is 11.9 Å². The van der Waals surface area contributed by atoms with E-state index in [-0.39, 0.29) is 11.5 Å². The van der Waals surface area contributed by atoms with E-state index in [0.29, 0.717) is 11.6 Å². The molecule has 4 nitrogen and oxygen atoms in total. The highest BCUT2D eigenvalue weighted by atomic mass is 127. The van der Waals surface area contributed by atoms with Gasteiger partial charge in [0.15, 0.2) is 5.82 Å². The van der Waals surface area contributed by atoms with Crippen LogP contribution in [0.4, 0.5) is 5.82 Å². The normalized spacial score (nSPS) is 13.2. The van der Waals surface area contributed by atoms with E-state index < -0.39 is 0 Å². The summed E-state index contributed by atoms with van der Waals surface area (Å²) in [5, 5.41) is 0. The molecule has 0 saturated carbocycles. The van der Waals surface area contributed by atoms with E-state index in [1.807, 2.05) is 30.3 Å². The third kappa shape index (κ3) is 3.52. The summed E-state index contributed by atoms with van der Waals surface area (Å²) in [5.41, 5.74) is 7.94. The number of hydrogen-bond acceptors (Lipinski definition) is 4. The highest BCUT2D eigenvalue weighted by molar-refractivity contribution is 14.1. The summed E-state index contributed by atoms with van der Waals surface area (Å²) in [6, 6.07) is 9.93. The van der Waals surface area contributed by atoms with E-state index in [1.165, 1.54) is 0 Å². The molecule has 2 aromatic rings. The zero-order valence-electron chi connectivity index (χ0n) is 12.7. The van der Waals surface area contributed by atoms with Gasteiger partial charge in [0.05, 0.1) is 9.26 Å². The Hall–Kier alpha value is -1.21. The van der Waals surface area contributed by atoms with Crippen molar-refractivity contribution in [1.29, 1.82) is 0 Å². The van der Waals surface area contributed by atoms with Crippen LogP contribution in [-0.2, 0) is 10.2 Å². The molecule has 1 heterocycles. The van der Waals surface area contributed by atoms with Crippen LogP contribution in [-0.4, -0.2) is 17.1 Å². The molecule has 2 rings (SSSR count). The van der Waals surface area contributed by atoms with Gasteiger partial charge in [0.25, 0.3) is 0 Å². The lowest BCUT2D eigenvalue weighted by molar-refractivity contribution is 0.128. The number of aromatic nitrogens is 2. The second-order valence-electron chi connectivity index (χ2n) is 5.91. The predicted molar refractivity (Wildman–Crippen MR) is 93.2 cm³/mol. The minimum absolute atomic E-state index is 0.0999. The van der Waals surface area contributed by atoms with Crippen LogP contribution < -0.4 is 5.73 Å². The zero-order valence-corrected chi connectivity index (χ0v) is 14.9. The fraction of sp³-hybridized carbons (Fsp3) is 0.375. The Bertz CT molecular complexity index is 623. The molecule has 1 aromatic heterocycles. The number of nitrogen functional groups attached to an aromatic ring is 1. The molecular weight excluding hydrogens is 377 g/mol. The van der Waals surface area contributed by atoms with Gasteiger partial charge in [-0.05, 0) is 28.2 Å². The molecule has 0 spiro atoms. The number of hydrogen-bond donors (Lipinski definition) is 1. The molecule has 21 heavy (non-hydrogen) atoms. The molecular formula is C16H20IN3O. The highest BCUT2D eigenvalue weighted by Gasteiger charge is 2.25. The minimum atomic E-state index is -0.313. The first-order valence-corrected chi connectivity index (χ1v) is 7.83. The summed E-state index contributed by atoms with van der Waals surface area (Å²) in [6.45, 7) is 6.35. The highest BCUT2D eigenvalue weighted by Crippen LogP contribution is 2.31. The minimum Gasteiger partial charge on any atom is -0.383 e. The lowest BCUT2D eigenvalue weighted by atomic mass is 9.91. The van der Waals surface area contributed by atoms with E-state index in [0.717, 1.165) is 14.8 Å². The van der Waals surface area contributed by atoms with Crippen molar-refractivity contribution < 1.29 is 4.74 Å². The first-order valence-electron chi connectivity index (χ1n) is 6.75. The maximum Gasteiger partial charge on any atom is 0.164 e. The van der Waals surface area contributed by atoms with Gasteiger partial charge in [-0.25, -0.2) is 9.97 Å². The Morgan fingerprint density at radius 2 is 1.76 bits per heavy atom. The second kappa shape index (κ2) is 6.27. The first-order chi connectivity index (χ1) is 9.84. The van der Waals surface area contributed by atoms with Crippen molar-refractivity contribution in [3.63, 3.8) is 0 Å². The maximum atomic E-state index is 6.07. The average molecular weight is 397 g/mol. The van der Waals surface area contributed by atoms with Gasteiger partial charge in [-0.2, -0.15) is 0 Å². The van der Waals surface area contributed by atoms with Gasteiger partial charge in [-0.15, -0.1) is 0 Å². The van der Waals surface area contributed by atoms with Crippen LogP contribution in [0.25, 0.3) is 0 Å². The predicted octanol–water partition coefficient (Wildman–Crippen LogP) is 3.70. The molecule has 0 aliphatic rings. The number of nitrogens with zero attached hydrogens (tertiary/aromatic N) is 2. The monoisotopic (exact) mass is 397 g/mol. The van der Waals surface area contributed by atoms with Crippen LogP contribution in [0, 0.1) is 3.57 Å². The van der Waals surface area contributed by atoms with Crippen LogP contribution in [0.1, 0.15) is 44.0 Å². The number of ether oxygens (including phenoxy) is 1. The van der Waals surface area contributed by atoms with Gasteiger partial charge in [-0.1, -0.05) is 51.1 Å². The van der Waals surface area contributed by atoms with E-state index >= 15 is 0 Å². The Morgan fingerprint density at radius 3 is 2.29 bits per heavy atom. The van der Waals surface area contributed by atoms with Crippen molar-refractivity contribution in [2.24, 2.45) is 0 Å². The van der Waals surface area contributed by atoms with E-state index in [4.69, 9.17) is 15.5 Å². The van der Waals surface area contributed by atoms with Crippen molar-refractivity contribution in [3.8, 4) is 0 Å². The first kappa shape index (κ1) is 16.2. The molecule has 0 fully saturated rings. The molecule has 5 heteroatoms. The quantitative estimate of drug-likeness (QED) is 0.803. The topological polar surface area (TPSA) is 61.0 Å². The molecule has 1 atom stereocenters. The molecule has 0 radical (unpaired) electrons. The molecule has 1 aromatic carbocycles. The largest absolute Gasteiger partial charge is 0.383 e. The van der Waals surface area contributed by atoms with E-state index in [2.05, 4.69) is 48.3 Å². The average Bonchev–Trinajstić information content (AvgIpc) is 2.43. The lowest BCUT2D eigenvalue weighted by Gasteiger charge is -2.23. The lowest BCUT2D eigenvalue weighted by Crippen LogP contribution is -2.21. The summed E-state index contributed by atoms with van der Waals surface area (Å²) in [7, 11) is 1.66. The van der Waals surface area contributed by atoms with Gasteiger partial charge in [0, 0.05) is 12.5 Å². The summed E-state index contributed by atoms with van der Waals surface area (Å²) in [4.78, 5) is 9.16. The molecule has 0 aliphatic heterocycles. The van der Waals surface area contributed by atoms with Crippen molar-refractivity contribution in [2.45, 2.75) is 32.3 Å². The third-order valence-corrected chi connectivity index (χ3v) is 4.24. The molecule has 112 valence electrons. The fourth-order valence-corrected chi connectivity index (χ4v) is 3.17. The standard InChI is InChI=1S/C16H20IN3O/c1-16(2,3)13-11(17)14(18)20-15(19-13)12(21-4)10-8-6-5-7-9-10/h5-9,12H,1-4H3,(H2,18,19,20). The zero-order chi connectivity index (χ0) is 15.6. The van der Waals surface area contributed by atoms with Gasteiger partial charge < -0.3 is 10.5 Å². The van der Waals surface area contributed by atoms with Crippen molar-refractivity contribution in [1.82, 2.24) is 9.97 Å². The Labute approximate surface area is 139 Å². The smallest absolute Gasteiger partial charge is 0.164 e. The summed E-state index contributed by atoms with van der Waals surface area (Å²) in [6.07, 6.45) is -0.313. The molecule has 0 aliphatic carbocycles. The van der Waals surface area contributed by atoms with E-state index in [9.17, 15) is 0 Å². The van der Waals surface area contributed by atoms with Crippen molar-refractivity contribution >= 4 is 28.4 Å². The van der Waals surface area contributed by atoms with Crippen LogP contribution in [0.5, 0.6) is 0 Å². The Morgan fingerprint density at radius 1 is 1.14 bits per heavy atom. The van der Waals surface area contributed by atoms with Crippen molar-refractivity contribution in [3.05, 3.63) is 51.0 Å². The number of rotatable bonds is 3. The number of methoxy groups -OCH3 is 1. The summed E-state index contributed by atoms with van der Waals surface area (Å²) < 4.78 is 6.51. The Balaban J connectivity index is 2.56. The Kier molecular flexibility index (Phi) is 4.83. The molecule has 0 bridgehead atoms. The number of anilines is 1. The van der Waals surface area contributed by atoms with Gasteiger partial charge in [0.2, 0.25) is 0 Å². The maximum absolute atomic E-state index is 6.07. The van der Waals surface area contributed by atoms with Crippen LogP contribution in [0.15, 0.2) is 30.3 Å². The fourth-order valence-electron chi connectivity index (χ4n) is 2.12. The van der Waals surface area contributed by atoms with E-state index in [1.54, 1.807) is 7.11 Å². The summed E-state index contributed by atoms with van der Waals surface area (Å²) >= 11 is 2.21. The number of benzene rings is 1. The van der Waals surface area contributed by atoms with Gasteiger partial charge in [-0.3, -0.25) is 0 Å². The SMILES string of the molecule is COC(c1ccccc1)c1nc(N)c(I)c(C(C)(C)C)n1. The molecule has 2 N–H and O–H groups in total. The van der Waals surface area contributed by atoms with Gasteiger partial charge >= 0.3 is 0 Å². The summed E-state index contributed by atoms with van der Waals surface area (Å²) in [5.74, 6) is 1.11. The second-order valence-corrected chi connectivity index (χ2v) is 6.98. The third-order valence-electron chi connectivity index (χ3n) is 3.18. The number of halogens is 1. The molecule has 1 unspecified atom stereocenters. The van der Waals surface area contributed by atoms with Crippen molar-refractivity contribution in [2.75, 3.05) is 12.8 Å².